The van der Waals surface area contributed by atoms with Gasteiger partial charge in [0.05, 0.1) is 16.7 Å². The number of carbonyl (C=O) groups is 3. The van der Waals surface area contributed by atoms with Crippen LogP contribution in [0, 0.1) is 17.8 Å². The van der Waals surface area contributed by atoms with Crippen LogP contribution in [0.5, 0.6) is 0 Å². The maximum absolute atomic E-state index is 13.0. The molecule has 0 atom stereocenters. The molecule has 3 N–H and O–H groups in total. The third-order valence-electron chi connectivity index (χ3n) is 9.84. The quantitative estimate of drug-likeness (QED) is 0.0701. The predicted octanol–water partition coefficient (Wildman–Crippen LogP) is 12.6. The van der Waals surface area contributed by atoms with Crippen LogP contribution >= 0.6 is 0 Å². The molecule has 0 saturated carbocycles. The SMILES string of the molecule is CC(C)CCCCCCCCc1c(CCCCCCCCC(C)C)c(C(=O)O)c(C(=O)O)c(CCCCCCCCC(C)C)c1C(=O)O. The molecule has 1 aromatic rings. The molecule has 6 nitrogen and oxygen atoms in total. The van der Waals surface area contributed by atoms with Gasteiger partial charge in [-0.05, 0) is 73.0 Å². The molecule has 1 aromatic carbocycles. The van der Waals surface area contributed by atoms with E-state index < -0.39 is 17.9 Å². The monoisotopic (exact) mass is 673 g/mol. The van der Waals surface area contributed by atoms with Gasteiger partial charge in [-0.15, -0.1) is 0 Å². The third-order valence-corrected chi connectivity index (χ3v) is 9.84. The second-order valence-electron chi connectivity index (χ2n) is 15.6. The zero-order valence-electron chi connectivity index (χ0n) is 31.8. The van der Waals surface area contributed by atoms with Crippen LogP contribution in [-0.4, -0.2) is 33.2 Å². The molecule has 0 amide bonds. The molecule has 0 aliphatic rings. The lowest BCUT2D eigenvalue weighted by molar-refractivity contribution is 0.0646. The number of hydrogen-bond donors (Lipinski definition) is 3. The van der Waals surface area contributed by atoms with Gasteiger partial charge in [-0.1, -0.05) is 157 Å². The Balaban J connectivity index is 3.26. The van der Waals surface area contributed by atoms with Gasteiger partial charge in [0.2, 0.25) is 0 Å². The molecule has 0 spiro atoms. The van der Waals surface area contributed by atoms with Gasteiger partial charge >= 0.3 is 17.9 Å². The number of benzene rings is 1. The smallest absolute Gasteiger partial charge is 0.336 e. The fraction of sp³-hybridized carbons (Fsp3) is 0.786. The second-order valence-corrected chi connectivity index (χ2v) is 15.6. The molecule has 1 rings (SSSR count). The summed E-state index contributed by atoms with van der Waals surface area (Å²) >= 11 is 0. The lowest BCUT2D eigenvalue weighted by atomic mass is 9.80. The normalized spacial score (nSPS) is 11.7. The van der Waals surface area contributed by atoms with Crippen LogP contribution in [0.15, 0.2) is 0 Å². The lowest BCUT2D eigenvalue weighted by Gasteiger charge is -2.22. The van der Waals surface area contributed by atoms with Gasteiger partial charge in [0, 0.05) is 0 Å². The van der Waals surface area contributed by atoms with E-state index in [1.807, 2.05) is 0 Å². The van der Waals surface area contributed by atoms with Crippen molar-refractivity contribution in [3.8, 4) is 0 Å². The molecular weight excluding hydrogens is 600 g/mol. The lowest BCUT2D eigenvalue weighted by Crippen LogP contribution is -2.22. The van der Waals surface area contributed by atoms with E-state index in [2.05, 4.69) is 41.5 Å². The Kier molecular flexibility index (Phi) is 23.3. The molecule has 276 valence electrons. The topological polar surface area (TPSA) is 112 Å². The fourth-order valence-electron chi connectivity index (χ4n) is 7.13. The van der Waals surface area contributed by atoms with E-state index in [1.54, 1.807) is 0 Å². The molecule has 48 heavy (non-hydrogen) atoms. The molecule has 0 fully saturated rings. The summed E-state index contributed by atoms with van der Waals surface area (Å²) < 4.78 is 0. The number of carboxylic acid groups (broad SMARTS) is 3. The Labute approximate surface area is 293 Å². The molecule has 0 unspecified atom stereocenters. The highest BCUT2D eigenvalue weighted by Crippen LogP contribution is 2.34. The van der Waals surface area contributed by atoms with E-state index in [-0.39, 0.29) is 28.7 Å². The van der Waals surface area contributed by atoms with Crippen LogP contribution in [0.4, 0.5) is 0 Å². The van der Waals surface area contributed by atoms with Crippen LogP contribution in [0.1, 0.15) is 224 Å². The summed E-state index contributed by atoms with van der Waals surface area (Å²) in [4.78, 5) is 38.5. The van der Waals surface area contributed by atoms with Gasteiger partial charge in [0.25, 0.3) is 0 Å². The molecule has 6 heteroatoms. The number of aromatic carboxylic acids is 3. The molecule has 0 aliphatic carbocycles. The zero-order valence-corrected chi connectivity index (χ0v) is 31.8. The van der Waals surface area contributed by atoms with Crippen molar-refractivity contribution in [1.82, 2.24) is 0 Å². The van der Waals surface area contributed by atoms with Gasteiger partial charge < -0.3 is 15.3 Å². The van der Waals surface area contributed by atoms with Crippen LogP contribution in [-0.2, 0) is 19.3 Å². The third kappa shape index (κ3) is 17.9. The van der Waals surface area contributed by atoms with Crippen molar-refractivity contribution in [2.24, 2.45) is 17.8 Å². The van der Waals surface area contributed by atoms with E-state index in [9.17, 15) is 29.7 Å². The van der Waals surface area contributed by atoms with Crippen LogP contribution in [0.25, 0.3) is 0 Å². The number of rotatable bonds is 30. The first-order valence-electron chi connectivity index (χ1n) is 19.8. The van der Waals surface area contributed by atoms with E-state index >= 15 is 0 Å². The molecule has 0 saturated heterocycles. The first-order chi connectivity index (χ1) is 22.9. The van der Waals surface area contributed by atoms with Crippen LogP contribution in [0.3, 0.4) is 0 Å². The maximum Gasteiger partial charge on any atom is 0.336 e. The summed E-state index contributed by atoms with van der Waals surface area (Å²) in [6.45, 7) is 13.4. The summed E-state index contributed by atoms with van der Waals surface area (Å²) in [5, 5.41) is 31.4. The van der Waals surface area contributed by atoms with Crippen molar-refractivity contribution in [2.45, 2.75) is 196 Å². The summed E-state index contributed by atoms with van der Waals surface area (Å²) in [7, 11) is 0. The Bertz CT molecular complexity index is 1070. The van der Waals surface area contributed by atoms with Crippen molar-refractivity contribution in [1.29, 1.82) is 0 Å². The zero-order chi connectivity index (χ0) is 35.9. The van der Waals surface area contributed by atoms with Gasteiger partial charge in [-0.25, -0.2) is 14.4 Å². The first-order valence-corrected chi connectivity index (χ1v) is 19.8. The van der Waals surface area contributed by atoms with Gasteiger partial charge in [-0.3, -0.25) is 0 Å². The Morgan fingerprint density at radius 2 is 0.583 bits per heavy atom. The number of carboxylic acids is 3. The van der Waals surface area contributed by atoms with E-state index in [4.69, 9.17) is 0 Å². The van der Waals surface area contributed by atoms with Crippen molar-refractivity contribution in [3.05, 3.63) is 33.4 Å². The van der Waals surface area contributed by atoms with E-state index in [1.165, 1.54) is 51.4 Å². The molecule has 0 aromatic heterocycles. The summed E-state index contributed by atoms with van der Waals surface area (Å²) in [5.41, 5.74) is 0.833. The minimum Gasteiger partial charge on any atom is -0.478 e. The van der Waals surface area contributed by atoms with Crippen molar-refractivity contribution < 1.29 is 29.7 Å². The average Bonchev–Trinajstić information content (AvgIpc) is 3.00. The Morgan fingerprint density at radius 3 is 0.875 bits per heavy atom. The predicted molar refractivity (Wildman–Crippen MR) is 200 cm³/mol. The minimum atomic E-state index is -1.34. The highest BCUT2D eigenvalue weighted by Gasteiger charge is 2.32. The summed E-state index contributed by atoms with van der Waals surface area (Å²) in [6.07, 6.45) is 23.4. The van der Waals surface area contributed by atoms with Crippen molar-refractivity contribution in [2.75, 3.05) is 0 Å². The van der Waals surface area contributed by atoms with Gasteiger partial charge in [0.1, 0.15) is 0 Å². The summed E-state index contributed by atoms with van der Waals surface area (Å²) in [5.74, 6) is -1.61. The standard InChI is InChI=1S/C42H72O6/c1-31(2)25-19-13-7-10-16-22-28-34-35(29-23-17-11-8-14-20-26-32(3)4)38(41(45)46)39(42(47)48)36(37(34)40(43)44)30-24-18-12-9-15-21-27-33(5)6/h31-33H,7-30H2,1-6H3,(H,43,44)(H,45,46)(H,47,48). The second kappa shape index (κ2) is 25.6. The van der Waals surface area contributed by atoms with Gasteiger partial charge in [0.15, 0.2) is 0 Å². The van der Waals surface area contributed by atoms with Gasteiger partial charge in [-0.2, -0.15) is 0 Å². The molecule has 0 radical (unpaired) electrons. The van der Waals surface area contributed by atoms with Crippen molar-refractivity contribution >= 4 is 17.9 Å². The molecule has 0 bridgehead atoms. The highest BCUT2D eigenvalue weighted by molar-refractivity contribution is 6.07. The van der Waals surface area contributed by atoms with E-state index in [0.29, 0.717) is 48.1 Å². The number of hydrogen-bond acceptors (Lipinski definition) is 3. The van der Waals surface area contributed by atoms with Crippen LogP contribution < -0.4 is 0 Å². The van der Waals surface area contributed by atoms with Crippen LogP contribution in [0.2, 0.25) is 0 Å². The number of unbranched alkanes of at least 4 members (excludes halogenated alkanes) is 15. The molecule has 0 aliphatic heterocycles. The fourth-order valence-corrected chi connectivity index (χ4v) is 7.13. The highest BCUT2D eigenvalue weighted by atomic mass is 16.4. The minimum absolute atomic E-state index is 0.0648. The van der Waals surface area contributed by atoms with Crippen molar-refractivity contribution in [3.63, 3.8) is 0 Å². The average molecular weight is 673 g/mol. The Morgan fingerprint density at radius 1 is 0.354 bits per heavy atom. The maximum atomic E-state index is 13.0. The summed E-state index contributed by atoms with van der Waals surface area (Å²) in [6, 6.07) is 0. The largest absolute Gasteiger partial charge is 0.478 e. The first kappa shape index (κ1) is 43.7. The Hall–Kier alpha value is -2.37. The van der Waals surface area contributed by atoms with E-state index in [0.717, 1.165) is 77.0 Å². The molecule has 0 heterocycles. The molecular formula is C42H72O6.